The van der Waals surface area contributed by atoms with Crippen LogP contribution in [0.25, 0.3) is 0 Å². The Morgan fingerprint density at radius 3 is 2.85 bits per heavy atom. The first kappa shape index (κ1) is 14.0. The lowest BCUT2D eigenvalue weighted by Gasteiger charge is -2.17. The number of carbonyl (C=O) groups excluding carboxylic acids is 2. The van der Waals surface area contributed by atoms with Crippen LogP contribution < -0.4 is 10.2 Å². The predicted octanol–water partition coefficient (Wildman–Crippen LogP) is 1.01. The number of hydrogen-bond donors (Lipinski definition) is 1. The summed E-state index contributed by atoms with van der Waals surface area (Å²) in [5, 5.41) is 13.3. The number of rotatable bonds is 4. The molecule has 1 N–H and O–H groups in total. The van der Waals surface area contributed by atoms with Crippen LogP contribution in [-0.4, -0.2) is 29.8 Å². The van der Waals surface area contributed by atoms with Crippen molar-refractivity contribution < 1.29 is 14.5 Å². The molecule has 0 aromatic heterocycles. The highest BCUT2D eigenvalue weighted by Crippen LogP contribution is 2.31. The minimum Gasteiger partial charge on any atom is -0.356 e. The summed E-state index contributed by atoms with van der Waals surface area (Å²) in [6.07, 6.45) is 0.876. The van der Waals surface area contributed by atoms with E-state index in [-0.39, 0.29) is 30.5 Å². The van der Waals surface area contributed by atoms with Crippen molar-refractivity contribution >= 4 is 23.2 Å². The summed E-state index contributed by atoms with van der Waals surface area (Å²) < 4.78 is 0. The Kier molecular flexibility index (Phi) is 3.97. The van der Waals surface area contributed by atoms with E-state index < -0.39 is 4.92 Å². The lowest BCUT2D eigenvalue weighted by atomic mass is 10.1. The smallest absolute Gasteiger partial charge is 0.271 e. The highest BCUT2D eigenvalue weighted by Gasteiger charge is 2.26. The third-order valence-electron chi connectivity index (χ3n) is 3.19. The third kappa shape index (κ3) is 2.93. The van der Waals surface area contributed by atoms with E-state index in [0.29, 0.717) is 18.7 Å². The number of carbonyl (C=O) groups is 2. The van der Waals surface area contributed by atoms with Crippen LogP contribution >= 0.6 is 0 Å². The van der Waals surface area contributed by atoms with Crippen molar-refractivity contribution in [2.75, 3.05) is 18.0 Å². The zero-order chi connectivity index (χ0) is 14.7. The predicted molar refractivity (Wildman–Crippen MR) is 72.5 cm³/mol. The van der Waals surface area contributed by atoms with E-state index in [2.05, 4.69) is 5.32 Å². The number of nitrogens with one attached hydrogen (secondary N) is 1. The standard InChI is InChI=1S/C13H15N3O4/c1-9(17)14-6-4-13(18)15-7-5-10-2-3-11(16(19)20)8-12(10)15/h2-3,8H,4-7H2,1H3,(H,14,17). The van der Waals surface area contributed by atoms with Crippen molar-refractivity contribution in [3.05, 3.63) is 33.9 Å². The zero-order valence-corrected chi connectivity index (χ0v) is 11.1. The average Bonchev–Trinajstić information content (AvgIpc) is 2.80. The Hall–Kier alpha value is -2.44. The normalized spacial score (nSPS) is 12.9. The Bertz CT molecular complexity index is 571. The molecule has 1 aliphatic heterocycles. The van der Waals surface area contributed by atoms with Crippen LogP contribution in [0, 0.1) is 10.1 Å². The molecule has 1 aromatic rings. The second-order valence-electron chi connectivity index (χ2n) is 4.60. The topological polar surface area (TPSA) is 92.6 Å². The van der Waals surface area contributed by atoms with Crippen LogP contribution in [0.1, 0.15) is 18.9 Å². The lowest BCUT2D eigenvalue weighted by molar-refractivity contribution is -0.384. The van der Waals surface area contributed by atoms with Crippen LogP contribution in [0.15, 0.2) is 18.2 Å². The van der Waals surface area contributed by atoms with E-state index in [1.54, 1.807) is 11.0 Å². The van der Waals surface area contributed by atoms with Crippen molar-refractivity contribution in [1.82, 2.24) is 5.32 Å². The fourth-order valence-corrected chi connectivity index (χ4v) is 2.22. The molecule has 0 unspecified atom stereocenters. The first-order chi connectivity index (χ1) is 9.49. The molecule has 106 valence electrons. The molecule has 0 fully saturated rings. The molecule has 7 nitrogen and oxygen atoms in total. The number of nitrogens with zero attached hydrogens (tertiary/aromatic N) is 2. The van der Waals surface area contributed by atoms with Crippen molar-refractivity contribution in [3.63, 3.8) is 0 Å². The van der Waals surface area contributed by atoms with Gasteiger partial charge in [-0.3, -0.25) is 19.7 Å². The van der Waals surface area contributed by atoms with E-state index in [1.807, 2.05) is 0 Å². The zero-order valence-electron chi connectivity index (χ0n) is 11.1. The SMILES string of the molecule is CC(=O)NCCC(=O)N1CCc2ccc([N+](=O)[O-])cc21. The quantitative estimate of drug-likeness (QED) is 0.656. The maximum Gasteiger partial charge on any atom is 0.271 e. The van der Waals surface area contributed by atoms with Gasteiger partial charge in [0.1, 0.15) is 0 Å². The van der Waals surface area contributed by atoms with Crippen LogP contribution in [0.5, 0.6) is 0 Å². The fraction of sp³-hybridized carbons (Fsp3) is 0.385. The Balaban J connectivity index is 2.10. The number of anilines is 1. The molecule has 1 heterocycles. The van der Waals surface area contributed by atoms with E-state index in [1.165, 1.54) is 19.1 Å². The molecule has 7 heteroatoms. The summed E-state index contributed by atoms with van der Waals surface area (Å²) in [5.41, 5.74) is 1.51. The summed E-state index contributed by atoms with van der Waals surface area (Å²) in [6, 6.07) is 4.57. The number of non-ortho nitro benzene ring substituents is 1. The summed E-state index contributed by atoms with van der Waals surface area (Å²) in [4.78, 5) is 34.7. The average molecular weight is 277 g/mol. The molecule has 1 aromatic carbocycles. The summed E-state index contributed by atoms with van der Waals surface area (Å²) in [5.74, 6) is -0.326. The number of hydrogen-bond acceptors (Lipinski definition) is 4. The first-order valence-electron chi connectivity index (χ1n) is 6.31. The second-order valence-corrected chi connectivity index (χ2v) is 4.60. The van der Waals surface area contributed by atoms with Gasteiger partial charge in [-0.2, -0.15) is 0 Å². The Morgan fingerprint density at radius 2 is 2.20 bits per heavy atom. The highest BCUT2D eigenvalue weighted by atomic mass is 16.6. The minimum atomic E-state index is -0.474. The van der Waals surface area contributed by atoms with Gasteiger partial charge in [-0.15, -0.1) is 0 Å². The van der Waals surface area contributed by atoms with Crippen molar-refractivity contribution in [2.45, 2.75) is 19.8 Å². The summed E-state index contributed by atoms with van der Waals surface area (Å²) >= 11 is 0. The molecule has 0 atom stereocenters. The third-order valence-corrected chi connectivity index (χ3v) is 3.19. The fourth-order valence-electron chi connectivity index (χ4n) is 2.22. The van der Waals surface area contributed by atoms with Gasteiger partial charge in [0, 0.05) is 38.6 Å². The molecular weight excluding hydrogens is 262 g/mol. The van der Waals surface area contributed by atoms with Gasteiger partial charge in [0.05, 0.1) is 10.6 Å². The maximum absolute atomic E-state index is 12.1. The van der Waals surface area contributed by atoms with E-state index in [0.717, 1.165) is 5.56 Å². The lowest BCUT2D eigenvalue weighted by Crippen LogP contribution is -2.32. The van der Waals surface area contributed by atoms with Crippen LogP contribution in [-0.2, 0) is 16.0 Å². The van der Waals surface area contributed by atoms with Gasteiger partial charge in [0.2, 0.25) is 11.8 Å². The van der Waals surface area contributed by atoms with Gasteiger partial charge in [-0.05, 0) is 12.0 Å². The maximum atomic E-state index is 12.1. The molecule has 0 bridgehead atoms. The molecule has 0 saturated carbocycles. The van der Waals surface area contributed by atoms with Gasteiger partial charge in [-0.25, -0.2) is 0 Å². The Labute approximate surface area is 115 Å². The number of fused-ring (bicyclic) bond motifs is 1. The number of benzene rings is 1. The van der Waals surface area contributed by atoms with Crippen LogP contribution in [0.2, 0.25) is 0 Å². The van der Waals surface area contributed by atoms with Crippen molar-refractivity contribution in [2.24, 2.45) is 0 Å². The van der Waals surface area contributed by atoms with Gasteiger partial charge >= 0.3 is 0 Å². The van der Waals surface area contributed by atoms with Crippen molar-refractivity contribution in [1.29, 1.82) is 0 Å². The highest BCUT2D eigenvalue weighted by molar-refractivity contribution is 5.96. The van der Waals surface area contributed by atoms with Gasteiger partial charge in [0.25, 0.3) is 5.69 Å². The largest absolute Gasteiger partial charge is 0.356 e. The molecular formula is C13H15N3O4. The van der Waals surface area contributed by atoms with Crippen molar-refractivity contribution in [3.8, 4) is 0 Å². The van der Waals surface area contributed by atoms with Crippen LogP contribution in [0.3, 0.4) is 0 Å². The minimum absolute atomic E-state index is 0.0229. The molecule has 2 rings (SSSR count). The molecule has 20 heavy (non-hydrogen) atoms. The number of nitro benzene ring substituents is 1. The molecule has 2 amide bonds. The number of amides is 2. The molecule has 0 aliphatic carbocycles. The molecule has 1 aliphatic rings. The Morgan fingerprint density at radius 1 is 1.45 bits per heavy atom. The summed E-state index contributed by atoms with van der Waals surface area (Å²) in [6.45, 7) is 2.18. The van der Waals surface area contributed by atoms with E-state index >= 15 is 0 Å². The monoisotopic (exact) mass is 277 g/mol. The van der Waals surface area contributed by atoms with E-state index in [4.69, 9.17) is 0 Å². The van der Waals surface area contributed by atoms with Gasteiger partial charge in [-0.1, -0.05) is 6.07 Å². The van der Waals surface area contributed by atoms with Crippen LogP contribution in [0.4, 0.5) is 11.4 Å². The number of nitro groups is 1. The molecule has 0 spiro atoms. The van der Waals surface area contributed by atoms with E-state index in [9.17, 15) is 19.7 Å². The molecule has 0 radical (unpaired) electrons. The van der Waals surface area contributed by atoms with Gasteiger partial charge in [0.15, 0.2) is 0 Å². The summed E-state index contributed by atoms with van der Waals surface area (Å²) in [7, 11) is 0. The van der Waals surface area contributed by atoms with Gasteiger partial charge < -0.3 is 10.2 Å². The molecule has 0 saturated heterocycles. The first-order valence-corrected chi connectivity index (χ1v) is 6.31. The second kappa shape index (κ2) is 5.68.